The van der Waals surface area contributed by atoms with Crippen LogP contribution in [-0.2, 0) is 0 Å². The zero-order valence-electron chi connectivity index (χ0n) is 15.5. The summed E-state index contributed by atoms with van der Waals surface area (Å²) in [5.74, 6) is 0.602. The molecule has 0 saturated heterocycles. The first-order valence-corrected chi connectivity index (χ1v) is 9.04. The van der Waals surface area contributed by atoms with Gasteiger partial charge < -0.3 is 14.3 Å². The minimum Gasteiger partial charge on any atom is -0.449 e. The van der Waals surface area contributed by atoms with Gasteiger partial charge in [-0.3, -0.25) is 4.79 Å². The Morgan fingerprint density at radius 2 is 2.07 bits per heavy atom. The maximum absolute atomic E-state index is 13.2. The minimum atomic E-state index is -0.193. The Bertz CT molecular complexity index is 1120. The van der Waals surface area contributed by atoms with Crippen molar-refractivity contribution in [3.8, 4) is 11.5 Å². The molecule has 3 heterocycles. The molecule has 28 heavy (non-hydrogen) atoms. The van der Waals surface area contributed by atoms with E-state index in [1.807, 2.05) is 43.3 Å². The smallest absolute Gasteiger partial charge is 0.290 e. The van der Waals surface area contributed by atoms with Gasteiger partial charge >= 0.3 is 0 Å². The molecular weight excluding hydrogens is 352 g/mol. The van der Waals surface area contributed by atoms with Gasteiger partial charge in [0.15, 0.2) is 11.5 Å². The summed E-state index contributed by atoms with van der Waals surface area (Å²) in [6.07, 6.45) is 4.99. The monoisotopic (exact) mass is 374 g/mol. The Morgan fingerprint density at radius 3 is 2.86 bits per heavy atom. The number of hydrogen-bond donors (Lipinski definition) is 1. The largest absolute Gasteiger partial charge is 0.449 e. The van der Waals surface area contributed by atoms with Crippen molar-refractivity contribution in [1.82, 2.24) is 19.9 Å². The first kappa shape index (κ1) is 17.7. The molecule has 142 valence electrons. The molecule has 0 unspecified atom stereocenters. The molecule has 1 aromatic carbocycles. The fourth-order valence-electron chi connectivity index (χ4n) is 3.26. The molecular formula is C22H22N4O2. The number of fused-ring (bicyclic) bond motifs is 1. The van der Waals surface area contributed by atoms with Crippen LogP contribution in [0.5, 0.6) is 0 Å². The molecule has 0 aliphatic carbocycles. The fourth-order valence-corrected chi connectivity index (χ4v) is 3.26. The quantitative estimate of drug-likeness (QED) is 0.489. The molecule has 1 N–H and O–H groups in total. The second-order valence-corrected chi connectivity index (χ2v) is 6.46. The zero-order valence-corrected chi connectivity index (χ0v) is 15.5. The second kappa shape index (κ2) is 7.52. The third-order valence-electron chi connectivity index (χ3n) is 4.74. The fraction of sp³-hybridized carbons (Fsp3) is 0.136. The number of carbonyl (C=O) groups excluding carboxylic acids is 1. The van der Waals surface area contributed by atoms with Gasteiger partial charge in [-0.05, 0) is 30.7 Å². The summed E-state index contributed by atoms with van der Waals surface area (Å²) in [7, 11) is 0. The molecule has 0 fully saturated rings. The van der Waals surface area contributed by atoms with Crippen LogP contribution in [0.3, 0.4) is 0 Å². The number of hydrogen-bond acceptors (Lipinski definition) is 4. The van der Waals surface area contributed by atoms with Crippen molar-refractivity contribution in [1.29, 1.82) is 0 Å². The third-order valence-corrected chi connectivity index (χ3v) is 4.74. The number of nitrogens with zero attached hydrogens (tertiary/aromatic N) is 3. The van der Waals surface area contributed by atoms with Gasteiger partial charge in [0.25, 0.3) is 5.91 Å². The summed E-state index contributed by atoms with van der Waals surface area (Å²) in [6, 6.07) is 15.1. The Morgan fingerprint density at radius 1 is 1.25 bits per heavy atom. The summed E-state index contributed by atoms with van der Waals surface area (Å²) in [4.78, 5) is 26.4. The van der Waals surface area contributed by atoms with Crippen LogP contribution >= 0.6 is 0 Å². The van der Waals surface area contributed by atoms with E-state index in [0.29, 0.717) is 18.0 Å². The molecule has 3 aromatic heterocycles. The summed E-state index contributed by atoms with van der Waals surface area (Å²) in [6.45, 7) is 6.20. The number of rotatable bonds is 6. The van der Waals surface area contributed by atoms with Crippen LogP contribution in [0.25, 0.3) is 22.5 Å². The van der Waals surface area contributed by atoms with Gasteiger partial charge in [0.1, 0.15) is 17.7 Å². The number of amides is 1. The lowest BCUT2D eigenvalue weighted by Gasteiger charge is -2.27. The molecule has 0 radical (unpaired) electrons. The lowest BCUT2D eigenvalue weighted by molar-refractivity contribution is 0.0683. The van der Waals surface area contributed by atoms with Crippen molar-refractivity contribution in [2.75, 3.05) is 6.54 Å². The average molecular weight is 374 g/mol. The van der Waals surface area contributed by atoms with Crippen LogP contribution in [0, 0.1) is 0 Å². The summed E-state index contributed by atoms with van der Waals surface area (Å²) < 4.78 is 5.89. The minimum absolute atomic E-state index is 0. The highest BCUT2D eigenvalue weighted by molar-refractivity contribution is 5.94. The van der Waals surface area contributed by atoms with Gasteiger partial charge in [-0.15, -0.1) is 6.58 Å². The first-order chi connectivity index (χ1) is 13.7. The van der Waals surface area contributed by atoms with Crippen molar-refractivity contribution >= 4 is 16.9 Å². The van der Waals surface area contributed by atoms with E-state index in [-0.39, 0.29) is 19.1 Å². The summed E-state index contributed by atoms with van der Waals surface area (Å²) in [5.41, 5.74) is 2.42. The summed E-state index contributed by atoms with van der Waals surface area (Å²) in [5, 5.41) is 0.844. The highest BCUT2D eigenvalue weighted by Gasteiger charge is 2.25. The number of benzene rings is 1. The molecule has 1 atom stereocenters. The lowest BCUT2D eigenvalue weighted by atomic mass is 10.1. The van der Waals surface area contributed by atoms with Crippen LogP contribution in [0.15, 0.2) is 78.1 Å². The molecule has 0 spiro atoms. The van der Waals surface area contributed by atoms with Crippen molar-refractivity contribution in [3.05, 3.63) is 85.0 Å². The van der Waals surface area contributed by atoms with Crippen LogP contribution < -0.4 is 0 Å². The Kier molecular flexibility index (Phi) is 4.76. The third kappa shape index (κ3) is 3.20. The van der Waals surface area contributed by atoms with E-state index >= 15 is 0 Å². The van der Waals surface area contributed by atoms with Gasteiger partial charge in [0.05, 0.1) is 6.04 Å². The van der Waals surface area contributed by atoms with E-state index in [9.17, 15) is 4.79 Å². The van der Waals surface area contributed by atoms with Gasteiger partial charge in [-0.1, -0.05) is 36.4 Å². The van der Waals surface area contributed by atoms with Crippen LogP contribution in [-0.4, -0.2) is 32.3 Å². The number of furan rings is 1. The molecule has 6 heteroatoms. The van der Waals surface area contributed by atoms with E-state index in [4.69, 9.17) is 4.42 Å². The molecule has 0 saturated carbocycles. The van der Waals surface area contributed by atoms with Crippen molar-refractivity contribution in [3.63, 3.8) is 0 Å². The van der Waals surface area contributed by atoms with Gasteiger partial charge in [0.2, 0.25) is 0 Å². The average Bonchev–Trinajstić information content (AvgIpc) is 3.41. The van der Waals surface area contributed by atoms with Gasteiger partial charge in [-0.2, -0.15) is 0 Å². The first-order valence-electron chi connectivity index (χ1n) is 9.04. The maximum Gasteiger partial charge on any atom is 0.290 e. The highest BCUT2D eigenvalue weighted by atomic mass is 16.4. The van der Waals surface area contributed by atoms with Crippen LogP contribution in [0.1, 0.15) is 30.5 Å². The van der Waals surface area contributed by atoms with E-state index in [0.717, 1.165) is 16.6 Å². The van der Waals surface area contributed by atoms with Crippen molar-refractivity contribution < 1.29 is 10.6 Å². The summed E-state index contributed by atoms with van der Waals surface area (Å²) >= 11 is 0. The van der Waals surface area contributed by atoms with E-state index < -0.39 is 0 Å². The molecule has 0 aliphatic heterocycles. The molecule has 1 amide bonds. The SMILES string of the molecule is C=CCN(C(=O)c1ccc(-c2ncnc3[nH]ccc23)o1)[C@H](C)c1ccccc1.[HH]. The topological polar surface area (TPSA) is 75.0 Å². The van der Waals surface area contributed by atoms with Crippen molar-refractivity contribution in [2.24, 2.45) is 0 Å². The Labute approximate surface area is 164 Å². The van der Waals surface area contributed by atoms with Crippen LogP contribution in [0.2, 0.25) is 0 Å². The van der Waals surface area contributed by atoms with Crippen molar-refractivity contribution in [2.45, 2.75) is 13.0 Å². The number of nitrogens with one attached hydrogen (secondary N) is 1. The Hall–Kier alpha value is -3.67. The van der Waals surface area contributed by atoms with E-state index in [2.05, 4.69) is 21.5 Å². The second-order valence-electron chi connectivity index (χ2n) is 6.46. The standard InChI is InChI=1S/C22H20N4O2.H2/c1-3-13-26(15(2)16-7-5-4-6-8-16)22(27)19-10-9-18(28-19)20-17-11-12-23-21(17)25-14-24-20;/h3-12,14-15H,1,13H2,2H3,(H,23,24,25);1H/t15-;/m1./s1. The Balaban J connectivity index is 0.00000240. The predicted molar refractivity (Wildman–Crippen MR) is 110 cm³/mol. The normalized spacial score (nSPS) is 12.0. The molecule has 6 nitrogen and oxygen atoms in total. The van der Waals surface area contributed by atoms with Gasteiger partial charge in [0, 0.05) is 19.6 Å². The molecule has 4 rings (SSSR count). The highest BCUT2D eigenvalue weighted by Crippen LogP contribution is 2.28. The number of H-pyrrole nitrogens is 1. The number of aromatic nitrogens is 3. The molecule has 4 aromatic rings. The number of carbonyl (C=O) groups is 1. The number of aromatic amines is 1. The van der Waals surface area contributed by atoms with Crippen LogP contribution in [0.4, 0.5) is 0 Å². The van der Waals surface area contributed by atoms with E-state index in [1.165, 1.54) is 6.33 Å². The molecule has 0 bridgehead atoms. The van der Waals surface area contributed by atoms with E-state index in [1.54, 1.807) is 29.3 Å². The predicted octanol–water partition coefficient (Wildman–Crippen LogP) is 4.85. The van der Waals surface area contributed by atoms with Gasteiger partial charge in [-0.25, -0.2) is 9.97 Å². The lowest BCUT2D eigenvalue weighted by Crippen LogP contribution is -2.33. The molecule has 0 aliphatic rings. The zero-order chi connectivity index (χ0) is 19.5. The maximum atomic E-state index is 13.2.